The Hall–Kier alpha value is -1.48. The lowest BCUT2D eigenvalue weighted by atomic mass is 9.89. The molecule has 18 heavy (non-hydrogen) atoms. The van der Waals surface area contributed by atoms with Crippen LogP contribution in [0.3, 0.4) is 0 Å². The number of fused-ring (bicyclic) bond motifs is 1. The minimum Gasteiger partial charge on any atom is -0.454 e. The molecule has 98 valence electrons. The van der Waals surface area contributed by atoms with Crippen molar-refractivity contribution in [1.82, 2.24) is 0 Å². The van der Waals surface area contributed by atoms with Crippen LogP contribution in [0, 0.1) is 5.41 Å². The van der Waals surface area contributed by atoms with Gasteiger partial charge < -0.3 is 14.6 Å². The van der Waals surface area contributed by atoms with E-state index in [0.29, 0.717) is 0 Å². The van der Waals surface area contributed by atoms with Crippen LogP contribution in [0.2, 0.25) is 0 Å². The largest absolute Gasteiger partial charge is 0.454 e. The second kappa shape index (κ2) is 5.02. The van der Waals surface area contributed by atoms with Gasteiger partial charge in [0.15, 0.2) is 11.5 Å². The van der Waals surface area contributed by atoms with Gasteiger partial charge in [0, 0.05) is 0 Å². The molecule has 0 aromatic heterocycles. The number of aliphatic hydroxyl groups is 1. The minimum absolute atomic E-state index is 0.124. The summed E-state index contributed by atoms with van der Waals surface area (Å²) in [7, 11) is 0. The maximum absolute atomic E-state index is 9.90. The van der Waals surface area contributed by atoms with Gasteiger partial charge in [-0.15, -0.1) is 0 Å². The molecule has 1 heterocycles. The van der Waals surface area contributed by atoms with E-state index in [1.807, 2.05) is 30.4 Å². The van der Waals surface area contributed by atoms with Crippen LogP contribution in [-0.2, 0) is 0 Å². The van der Waals surface area contributed by atoms with Crippen LogP contribution < -0.4 is 9.47 Å². The second-order valence-corrected chi connectivity index (χ2v) is 5.80. The zero-order valence-corrected chi connectivity index (χ0v) is 11.1. The van der Waals surface area contributed by atoms with E-state index in [1.165, 1.54) is 0 Å². The van der Waals surface area contributed by atoms with E-state index in [2.05, 4.69) is 20.8 Å². The summed E-state index contributed by atoms with van der Waals surface area (Å²) >= 11 is 0. The van der Waals surface area contributed by atoms with Gasteiger partial charge in [0.25, 0.3) is 0 Å². The summed E-state index contributed by atoms with van der Waals surface area (Å²) < 4.78 is 10.6. The van der Waals surface area contributed by atoms with Gasteiger partial charge in [-0.2, -0.15) is 0 Å². The van der Waals surface area contributed by atoms with Crippen molar-refractivity contribution in [2.24, 2.45) is 5.41 Å². The molecule has 1 atom stereocenters. The molecule has 1 N–H and O–H groups in total. The molecule has 0 amide bonds. The number of aliphatic hydroxyl groups excluding tert-OH is 1. The first-order valence-electron chi connectivity index (χ1n) is 6.20. The van der Waals surface area contributed by atoms with Crippen molar-refractivity contribution in [2.75, 3.05) is 6.79 Å². The van der Waals surface area contributed by atoms with E-state index in [1.54, 1.807) is 0 Å². The Morgan fingerprint density at radius 3 is 2.72 bits per heavy atom. The molecule has 0 spiro atoms. The van der Waals surface area contributed by atoms with E-state index in [-0.39, 0.29) is 12.2 Å². The molecule has 0 radical (unpaired) electrons. The topological polar surface area (TPSA) is 38.7 Å². The lowest BCUT2D eigenvalue weighted by Gasteiger charge is -2.20. The molecular formula is C15H20O3. The Morgan fingerprint density at radius 2 is 2.00 bits per heavy atom. The van der Waals surface area contributed by atoms with Crippen molar-refractivity contribution in [2.45, 2.75) is 33.3 Å². The number of hydrogen-bond acceptors (Lipinski definition) is 3. The quantitative estimate of drug-likeness (QED) is 0.892. The SMILES string of the molecule is CC(C)(C)CC(O)C=Cc1ccc2c(c1)OCO2. The van der Waals surface area contributed by atoms with Gasteiger partial charge in [-0.25, -0.2) is 0 Å². The van der Waals surface area contributed by atoms with Gasteiger partial charge in [0.2, 0.25) is 6.79 Å². The standard InChI is InChI=1S/C15H20O3/c1-15(2,3)9-12(16)6-4-11-5-7-13-14(8-11)18-10-17-13/h4-8,12,16H,9-10H2,1-3H3. The lowest BCUT2D eigenvalue weighted by molar-refractivity contribution is 0.162. The molecule has 3 nitrogen and oxygen atoms in total. The molecule has 1 unspecified atom stereocenters. The Labute approximate surface area is 108 Å². The molecule has 0 bridgehead atoms. The van der Waals surface area contributed by atoms with Crippen molar-refractivity contribution < 1.29 is 14.6 Å². The van der Waals surface area contributed by atoms with Crippen LogP contribution in [-0.4, -0.2) is 18.0 Å². The Balaban J connectivity index is 2.01. The third-order valence-electron chi connectivity index (χ3n) is 2.73. The normalized spacial score (nSPS) is 16.2. The lowest BCUT2D eigenvalue weighted by Crippen LogP contribution is -2.15. The first kappa shape index (κ1) is 13.0. The van der Waals surface area contributed by atoms with E-state index >= 15 is 0 Å². The molecular weight excluding hydrogens is 228 g/mol. The predicted molar refractivity (Wildman–Crippen MR) is 71.7 cm³/mol. The van der Waals surface area contributed by atoms with Gasteiger partial charge in [-0.05, 0) is 29.5 Å². The first-order chi connectivity index (χ1) is 8.44. The molecule has 1 aliphatic heterocycles. The first-order valence-corrected chi connectivity index (χ1v) is 6.20. The van der Waals surface area contributed by atoms with Gasteiger partial charge >= 0.3 is 0 Å². The van der Waals surface area contributed by atoms with Gasteiger partial charge in [0.05, 0.1) is 6.10 Å². The van der Waals surface area contributed by atoms with Crippen molar-refractivity contribution in [1.29, 1.82) is 0 Å². The van der Waals surface area contributed by atoms with Gasteiger partial charge in [-0.1, -0.05) is 39.0 Å². The number of rotatable bonds is 3. The fourth-order valence-electron chi connectivity index (χ4n) is 1.93. The highest BCUT2D eigenvalue weighted by molar-refractivity contribution is 5.56. The molecule has 0 aliphatic carbocycles. The zero-order chi connectivity index (χ0) is 13.2. The average molecular weight is 248 g/mol. The van der Waals surface area contributed by atoms with E-state index in [9.17, 15) is 5.11 Å². The summed E-state index contributed by atoms with van der Waals surface area (Å²) in [5.41, 5.74) is 1.13. The number of hydrogen-bond donors (Lipinski definition) is 1. The second-order valence-electron chi connectivity index (χ2n) is 5.80. The summed E-state index contributed by atoms with van der Waals surface area (Å²) in [6.45, 7) is 6.63. The van der Waals surface area contributed by atoms with Crippen LogP contribution in [0.5, 0.6) is 11.5 Å². The fourth-order valence-corrected chi connectivity index (χ4v) is 1.93. The Kier molecular flexibility index (Phi) is 3.62. The van der Waals surface area contributed by atoms with Crippen LogP contribution in [0.4, 0.5) is 0 Å². The predicted octanol–water partition coefficient (Wildman–Crippen LogP) is 3.23. The van der Waals surface area contributed by atoms with Crippen LogP contribution in [0.25, 0.3) is 6.08 Å². The average Bonchev–Trinajstić information content (AvgIpc) is 2.71. The maximum Gasteiger partial charge on any atom is 0.231 e. The highest BCUT2D eigenvalue weighted by Crippen LogP contribution is 2.33. The highest BCUT2D eigenvalue weighted by atomic mass is 16.7. The van der Waals surface area contributed by atoms with E-state index < -0.39 is 6.10 Å². The summed E-state index contributed by atoms with van der Waals surface area (Å²) in [4.78, 5) is 0. The molecule has 2 rings (SSSR count). The van der Waals surface area contributed by atoms with Crippen molar-refractivity contribution in [3.63, 3.8) is 0 Å². The maximum atomic E-state index is 9.90. The molecule has 1 aromatic carbocycles. The third-order valence-corrected chi connectivity index (χ3v) is 2.73. The molecule has 1 aliphatic rings. The monoisotopic (exact) mass is 248 g/mol. The molecule has 0 saturated carbocycles. The Morgan fingerprint density at radius 1 is 1.28 bits per heavy atom. The fraction of sp³-hybridized carbons (Fsp3) is 0.467. The third kappa shape index (κ3) is 3.50. The molecule has 0 fully saturated rings. The van der Waals surface area contributed by atoms with Gasteiger partial charge in [0.1, 0.15) is 0 Å². The number of ether oxygens (including phenoxy) is 2. The number of benzene rings is 1. The van der Waals surface area contributed by atoms with Crippen LogP contribution in [0.15, 0.2) is 24.3 Å². The zero-order valence-electron chi connectivity index (χ0n) is 11.1. The summed E-state index contributed by atoms with van der Waals surface area (Å²) in [6, 6.07) is 5.76. The molecule has 3 heteroatoms. The van der Waals surface area contributed by atoms with Crippen molar-refractivity contribution in [3.8, 4) is 11.5 Å². The van der Waals surface area contributed by atoms with Crippen LogP contribution >= 0.6 is 0 Å². The van der Waals surface area contributed by atoms with Crippen LogP contribution in [0.1, 0.15) is 32.8 Å². The smallest absolute Gasteiger partial charge is 0.231 e. The van der Waals surface area contributed by atoms with Gasteiger partial charge in [-0.3, -0.25) is 0 Å². The summed E-state index contributed by atoms with van der Waals surface area (Å²) in [5, 5.41) is 9.90. The molecule has 0 saturated heterocycles. The van der Waals surface area contributed by atoms with Crippen molar-refractivity contribution in [3.05, 3.63) is 29.8 Å². The van der Waals surface area contributed by atoms with Crippen molar-refractivity contribution >= 4 is 6.08 Å². The minimum atomic E-state index is -0.421. The molecule has 1 aromatic rings. The Bertz CT molecular complexity index is 444. The highest BCUT2D eigenvalue weighted by Gasteiger charge is 2.15. The van der Waals surface area contributed by atoms with E-state index in [4.69, 9.17) is 9.47 Å². The summed E-state index contributed by atoms with van der Waals surface area (Å²) in [6.07, 6.45) is 4.06. The van der Waals surface area contributed by atoms with E-state index in [0.717, 1.165) is 23.5 Å². The summed E-state index contributed by atoms with van der Waals surface area (Å²) in [5.74, 6) is 1.55.